The first-order chi connectivity index (χ1) is 12.6. The van der Waals surface area contributed by atoms with Crippen molar-refractivity contribution >= 4 is 14.2 Å². The number of amides is 1. The minimum absolute atomic E-state index is 0.0416. The van der Waals surface area contributed by atoms with Crippen molar-refractivity contribution in [2.45, 2.75) is 76.9 Å². The second-order valence-electron chi connectivity index (χ2n) is 8.92. The first-order valence-electron chi connectivity index (χ1n) is 9.80. The van der Waals surface area contributed by atoms with Gasteiger partial charge in [0, 0.05) is 13.0 Å². The first-order valence-corrected chi connectivity index (χ1v) is 12.7. The van der Waals surface area contributed by atoms with Crippen molar-refractivity contribution < 1.29 is 14.0 Å². The lowest BCUT2D eigenvalue weighted by Crippen LogP contribution is -2.55. The van der Waals surface area contributed by atoms with Crippen LogP contribution in [0.15, 0.2) is 36.9 Å². The van der Waals surface area contributed by atoms with Crippen LogP contribution in [0.1, 0.15) is 45.6 Å². The van der Waals surface area contributed by atoms with Gasteiger partial charge in [-0.15, -0.1) is 6.58 Å². The maximum atomic E-state index is 12.7. The molecule has 1 aliphatic rings. The molecule has 0 aliphatic carbocycles. The number of carbonyl (C=O) groups excluding carboxylic acids is 1. The van der Waals surface area contributed by atoms with E-state index >= 15 is 0 Å². The van der Waals surface area contributed by atoms with E-state index in [-0.39, 0.29) is 23.1 Å². The monoisotopic (exact) mass is 389 g/mol. The van der Waals surface area contributed by atoms with Crippen molar-refractivity contribution in [3.63, 3.8) is 0 Å². The highest BCUT2D eigenvalue weighted by atomic mass is 28.4. The zero-order valence-electron chi connectivity index (χ0n) is 17.7. The number of hydrogen-bond donors (Lipinski definition) is 0. The number of methoxy groups -OCH3 is 1. The molecular weight excluding hydrogens is 354 g/mol. The maximum absolute atomic E-state index is 12.7. The van der Waals surface area contributed by atoms with Gasteiger partial charge in [0.05, 0.1) is 19.3 Å². The molecule has 0 unspecified atom stereocenters. The standard InChI is InChI=1S/C22H35NO3Si/c1-8-9-19-20(26-27(6,7)22(2,3)4)14-15-21(24)23(19)16-17-10-12-18(25-5)13-11-17/h8,10-13,19-20H,1,9,14-16H2,2-7H3/t19-,20+/m1/s1. The zero-order valence-corrected chi connectivity index (χ0v) is 18.7. The average molecular weight is 390 g/mol. The lowest BCUT2D eigenvalue weighted by atomic mass is 9.95. The SMILES string of the molecule is C=CC[C@@H]1[C@@H](O[Si](C)(C)C(C)(C)C)CCC(=O)N1Cc1ccc(OC)cc1. The summed E-state index contributed by atoms with van der Waals surface area (Å²) in [6.07, 6.45) is 4.07. The van der Waals surface area contributed by atoms with Crippen LogP contribution < -0.4 is 4.74 Å². The highest BCUT2D eigenvalue weighted by Crippen LogP contribution is 2.39. The second kappa shape index (κ2) is 8.61. The van der Waals surface area contributed by atoms with Crippen LogP contribution in [0.3, 0.4) is 0 Å². The Kier molecular flexibility index (Phi) is 6.92. The maximum Gasteiger partial charge on any atom is 0.223 e. The van der Waals surface area contributed by atoms with E-state index in [1.54, 1.807) is 7.11 Å². The largest absolute Gasteiger partial charge is 0.497 e. The van der Waals surface area contributed by atoms with E-state index in [4.69, 9.17) is 9.16 Å². The molecule has 0 spiro atoms. The van der Waals surface area contributed by atoms with Gasteiger partial charge >= 0.3 is 0 Å². The molecule has 0 saturated carbocycles. The third-order valence-corrected chi connectivity index (χ3v) is 10.5. The zero-order chi connectivity index (χ0) is 20.2. The van der Waals surface area contributed by atoms with E-state index in [1.807, 2.05) is 35.2 Å². The van der Waals surface area contributed by atoms with Crippen molar-refractivity contribution in [3.8, 4) is 5.75 Å². The fourth-order valence-electron chi connectivity index (χ4n) is 3.26. The van der Waals surface area contributed by atoms with E-state index in [0.29, 0.717) is 13.0 Å². The summed E-state index contributed by atoms with van der Waals surface area (Å²) in [5.74, 6) is 1.03. The van der Waals surface area contributed by atoms with Crippen LogP contribution in [0, 0.1) is 0 Å². The molecule has 0 radical (unpaired) electrons. The Morgan fingerprint density at radius 2 is 1.89 bits per heavy atom. The Labute approximate surface area is 165 Å². The van der Waals surface area contributed by atoms with Crippen LogP contribution in [0.2, 0.25) is 18.1 Å². The van der Waals surface area contributed by atoms with E-state index < -0.39 is 8.32 Å². The van der Waals surface area contributed by atoms with Crippen molar-refractivity contribution in [1.29, 1.82) is 0 Å². The van der Waals surface area contributed by atoms with Gasteiger partial charge in [0.25, 0.3) is 0 Å². The van der Waals surface area contributed by atoms with E-state index in [2.05, 4.69) is 40.4 Å². The average Bonchev–Trinajstić information content (AvgIpc) is 2.60. The van der Waals surface area contributed by atoms with Gasteiger partial charge in [-0.3, -0.25) is 4.79 Å². The Hall–Kier alpha value is -1.59. The number of piperidine rings is 1. The number of nitrogens with zero attached hydrogens (tertiary/aromatic N) is 1. The number of hydrogen-bond acceptors (Lipinski definition) is 3. The van der Waals surface area contributed by atoms with Gasteiger partial charge in [-0.25, -0.2) is 0 Å². The number of likely N-dealkylation sites (tertiary alicyclic amines) is 1. The summed E-state index contributed by atoms with van der Waals surface area (Å²) >= 11 is 0. The van der Waals surface area contributed by atoms with Crippen molar-refractivity contribution in [2.24, 2.45) is 0 Å². The summed E-state index contributed by atoms with van der Waals surface area (Å²) in [7, 11) is -0.249. The van der Waals surface area contributed by atoms with Crippen LogP contribution in [-0.4, -0.2) is 38.4 Å². The van der Waals surface area contributed by atoms with Gasteiger partial charge in [0.15, 0.2) is 8.32 Å². The Bertz CT molecular complexity index is 649. The van der Waals surface area contributed by atoms with E-state index in [9.17, 15) is 4.79 Å². The van der Waals surface area contributed by atoms with Crippen molar-refractivity contribution in [1.82, 2.24) is 4.90 Å². The molecule has 1 aromatic carbocycles. The lowest BCUT2D eigenvalue weighted by molar-refractivity contribution is -0.142. The van der Waals surface area contributed by atoms with Gasteiger partial charge in [0.2, 0.25) is 5.91 Å². The van der Waals surface area contributed by atoms with Crippen LogP contribution >= 0.6 is 0 Å². The summed E-state index contributed by atoms with van der Waals surface area (Å²) < 4.78 is 12.0. The lowest BCUT2D eigenvalue weighted by Gasteiger charge is -2.46. The van der Waals surface area contributed by atoms with Crippen molar-refractivity contribution in [2.75, 3.05) is 7.11 Å². The van der Waals surface area contributed by atoms with Gasteiger partial charge in [0.1, 0.15) is 5.75 Å². The molecule has 2 rings (SSSR count). The van der Waals surface area contributed by atoms with Gasteiger partial charge in [-0.2, -0.15) is 0 Å². The molecule has 1 aliphatic heterocycles. The molecule has 0 aromatic heterocycles. The van der Waals surface area contributed by atoms with Gasteiger partial charge < -0.3 is 14.1 Å². The third kappa shape index (κ3) is 5.23. The molecule has 1 amide bonds. The molecule has 150 valence electrons. The molecule has 1 saturated heterocycles. The molecule has 0 bridgehead atoms. The molecule has 2 atom stereocenters. The minimum Gasteiger partial charge on any atom is -0.497 e. The van der Waals surface area contributed by atoms with Gasteiger partial charge in [-0.05, 0) is 48.7 Å². The fourth-order valence-corrected chi connectivity index (χ4v) is 4.65. The highest BCUT2D eigenvalue weighted by molar-refractivity contribution is 6.74. The quantitative estimate of drug-likeness (QED) is 0.478. The predicted octanol–water partition coefficient (Wildman–Crippen LogP) is 5.15. The van der Waals surface area contributed by atoms with Crippen molar-refractivity contribution in [3.05, 3.63) is 42.5 Å². The van der Waals surface area contributed by atoms with E-state index in [1.165, 1.54) is 0 Å². The van der Waals surface area contributed by atoms with E-state index in [0.717, 1.165) is 24.2 Å². The summed E-state index contributed by atoms with van der Waals surface area (Å²) in [5.41, 5.74) is 1.10. The van der Waals surface area contributed by atoms with Crippen LogP contribution in [0.4, 0.5) is 0 Å². The summed E-state index contributed by atoms with van der Waals surface area (Å²) in [4.78, 5) is 14.7. The molecule has 1 fully saturated rings. The molecule has 1 heterocycles. The Morgan fingerprint density at radius 3 is 2.41 bits per heavy atom. The second-order valence-corrected chi connectivity index (χ2v) is 13.7. The molecule has 1 aromatic rings. The number of benzene rings is 1. The van der Waals surface area contributed by atoms with Gasteiger partial charge in [-0.1, -0.05) is 39.0 Å². The first kappa shape index (κ1) is 21.7. The third-order valence-electron chi connectivity index (χ3n) is 5.96. The minimum atomic E-state index is -1.91. The Balaban J connectivity index is 2.22. The highest BCUT2D eigenvalue weighted by Gasteiger charge is 2.43. The predicted molar refractivity (Wildman–Crippen MR) is 113 cm³/mol. The molecule has 5 heteroatoms. The molecule has 0 N–H and O–H groups in total. The summed E-state index contributed by atoms with van der Waals surface area (Å²) in [5, 5.41) is 0.147. The Morgan fingerprint density at radius 1 is 1.26 bits per heavy atom. The van der Waals surface area contributed by atoms with Crippen LogP contribution in [0.5, 0.6) is 5.75 Å². The number of ether oxygens (including phenoxy) is 1. The molecule has 27 heavy (non-hydrogen) atoms. The van der Waals surface area contributed by atoms with Crippen LogP contribution in [-0.2, 0) is 15.8 Å². The summed E-state index contributed by atoms with van der Waals surface area (Å²) in [6.45, 7) is 15.8. The fraction of sp³-hybridized carbons (Fsp3) is 0.591. The smallest absolute Gasteiger partial charge is 0.223 e. The summed E-state index contributed by atoms with van der Waals surface area (Å²) in [6, 6.07) is 7.97. The number of carbonyl (C=O) groups is 1. The van der Waals surface area contributed by atoms with Crippen LogP contribution in [0.25, 0.3) is 0 Å². The normalized spacial score (nSPS) is 21.3. The molecule has 4 nitrogen and oxygen atoms in total. The molecular formula is C22H35NO3Si. The topological polar surface area (TPSA) is 38.8 Å². The number of rotatable bonds is 7.